The van der Waals surface area contributed by atoms with Crippen molar-refractivity contribution in [1.29, 1.82) is 0 Å². The molecule has 0 amide bonds. The van der Waals surface area contributed by atoms with E-state index in [1.54, 1.807) is 24.3 Å². The minimum atomic E-state index is -3.80. The number of nitrogens with one attached hydrogen (secondary N) is 1. The molecule has 6 nitrogen and oxygen atoms in total. The van der Waals surface area contributed by atoms with Crippen LogP contribution in [0.5, 0.6) is 5.75 Å². The Labute approximate surface area is 149 Å². The lowest BCUT2D eigenvalue weighted by Crippen LogP contribution is -2.20. The molecule has 0 heterocycles. The third kappa shape index (κ3) is 4.91. The fourth-order valence-electron chi connectivity index (χ4n) is 1.87. The number of carbonyl (C=O) groups is 1. The first-order valence-corrected chi connectivity index (χ1v) is 8.99. The van der Waals surface area contributed by atoms with Crippen LogP contribution in [-0.4, -0.2) is 34.6 Å². The van der Waals surface area contributed by atoms with Gasteiger partial charge in [0.25, 0.3) is 0 Å². The normalized spacial score (nSPS) is 11.2. The third-order valence-electron chi connectivity index (χ3n) is 3.15. The highest BCUT2D eigenvalue weighted by atomic mass is 35.5. The van der Waals surface area contributed by atoms with E-state index < -0.39 is 27.4 Å². The molecule has 2 rings (SSSR count). The highest BCUT2D eigenvalue weighted by Crippen LogP contribution is 2.23. The van der Waals surface area contributed by atoms with Crippen LogP contribution < -0.4 is 9.46 Å². The first kappa shape index (κ1) is 19.2. The topological polar surface area (TPSA) is 81.7 Å². The molecular formula is C16H15ClFNO5S. The molecule has 0 aliphatic carbocycles. The van der Waals surface area contributed by atoms with Crippen molar-refractivity contribution in [2.45, 2.75) is 4.90 Å². The van der Waals surface area contributed by atoms with Gasteiger partial charge in [-0.15, -0.1) is 0 Å². The van der Waals surface area contributed by atoms with Crippen LogP contribution in [0.25, 0.3) is 0 Å². The molecular weight excluding hydrogens is 373 g/mol. The maximum absolute atomic E-state index is 13.8. The van der Waals surface area contributed by atoms with Crippen LogP contribution in [0.3, 0.4) is 0 Å². The van der Waals surface area contributed by atoms with E-state index in [0.717, 1.165) is 18.2 Å². The second-order valence-corrected chi connectivity index (χ2v) is 7.06. The van der Waals surface area contributed by atoms with Gasteiger partial charge in [-0.2, -0.15) is 0 Å². The molecule has 0 unspecified atom stereocenters. The van der Waals surface area contributed by atoms with Gasteiger partial charge >= 0.3 is 5.97 Å². The lowest BCUT2D eigenvalue weighted by molar-refractivity contribution is 0.0445. The van der Waals surface area contributed by atoms with E-state index in [1.165, 1.54) is 7.05 Å². The molecule has 0 fully saturated rings. The molecule has 134 valence electrons. The van der Waals surface area contributed by atoms with Gasteiger partial charge in [0, 0.05) is 0 Å². The summed E-state index contributed by atoms with van der Waals surface area (Å²) in [5, 5.41) is 0.407. The smallest absolute Gasteiger partial charge is 0.341 e. The van der Waals surface area contributed by atoms with Gasteiger partial charge in [0.2, 0.25) is 10.0 Å². The van der Waals surface area contributed by atoms with E-state index in [2.05, 4.69) is 4.72 Å². The summed E-state index contributed by atoms with van der Waals surface area (Å²) in [5.74, 6) is -1.45. The maximum atomic E-state index is 13.8. The Morgan fingerprint density at radius 1 is 1.20 bits per heavy atom. The lowest BCUT2D eigenvalue weighted by atomic mass is 10.2. The number of esters is 1. The Morgan fingerprint density at radius 3 is 2.60 bits per heavy atom. The van der Waals surface area contributed by atoms with E-state index in [4.69, 9.17) is 21.1 Å². The van der Waals surface area contributed by atoms with Crippen LogP contribution in [-0.2, 0) is 14.8 Å². The number of halogens is 2. The molecule has 2 aromatic rings. The Morgan fingerprint density at radius 2 is 1.92 bits per heavy atom. The lowest BCUT2D eigenvalue weighted by Gasteiger charge is -2.10. The van der Waals surface area contributed by atoms with Crippen molar-refractivity contribution >= 4 is 27.6 Å². The minimum Gasteiger partial charge on any atom is -0.488 e. The predicted octanol–water partition coefficient (Wildman–Crippen LogP) is 2.62. The third-order valence-corrected chi connectivity index (χ3v) is 4.87. The molecule has 0 aliphatic rings. The van der Waals surface area contributed by atoms with Crippen molar-refractivity contribution in [3.8, 4) is 5.75 Å². The number of ether oxygens (including phenoxy) is 2. The van der Waals surface area contributed by atoms with Crippen molar-refractivity contribution in [3.05, 3.63) is 58.9 Å². The monoisotopic (exact) mass is 387 g/mol. The number of rotatable bonds is 7. The summed E-state index contributed by atoms with van der Waals surface area (Å²) >= 11 is 5.91. The van der Waals surface area contributed by atoms with Gasteiger partial charge in [-0.25, -0.2) is 22.3 Å². The average molecular weight is 388 g/mol. The molecule has 0 aromatic heterocycles. The van der Waals surface area contributed by atoms with Gasteiger partial charge in [-0.05, 0) is 37.4 Å². The van der Waals surface area contributed by atoms with Crippen molar-refractivity contribution in [1.82, 2.24) is 4.72 Å². The van der Waals surface area contributed by atoms with Gasteiger partial charge in [-0.1, -0.05) is 23.7 Å². The standard InChI is InChI=1S/C16H15ClFNO5S/c1-19-25(21,22)11-6-7-14(18)12(10-11)16(20)24-9-8-23-15-5-3-2-4-13(15)17/h2-7,10,19H,8-9H2,1H3. The fourth-order valence-corrected chi connectivity index (χ4v) is 2.82. The minimum absolute atomic E-state index is 0.00555. The molecule has 0 saturated carbocycles. The second kappa shape index (κ2) is 8.28. The molecule has 9 heteroatoms. The average Bonchev–Trinajstić information content (AvgIpc) is 2.60. The maximum Gasteiger partial charge on any atom is 0.341 e. The molecule has 0 bridgehead atoms. The predicted molar refractivity (Wildman–Crippen MR) is 89.9 cm³/mol. The van der Waals surface area contributed by atoms with Crippen LogP contribution in [0.1, 0.15) is 10.4 Å². The zero-order chi connectivity index (χ0) is 18.4. The van der Waals surface area contributed by atoms with Gasteiger partial charge < -0.3 is 9.47 Å². The van der Waals surface area contributed by atoms with Crippen LogP contribution in [0, 0.1) is 5.82 Å². The summed E-state index contributed by atoms with van der Waals surface area (Å²) < 4.78 is 49.5. The zero-order valence-electron chi connectivity index (χ0n) is 13.2. The van der Waals surface area contributed by atoms with E-state index in [1.807, 2.05) is 0 Å². The first-order valence-electron chi connectivity index (χ1n) is 7.12. The van der Waals surface area contributed by atoms with Gasteiger partial charge in [-0.3, -0.25) is 0 Å². The number of sulfonamides is 1. The summed E-state index contributed by atoms with van der Waals surface area (Å²) in [7, 11) is -2.59. The Hall–Kier alpha value is -2.16. The molecule has 1 N–H and O–H groups in total. The number of carbonyl (C=O) groups excluding carboxylic acids is 1. The summed E-state index contributed by atoms with van der Waals surface area (Å²) in [6.45, 7) is -0.155. The van der Waals surface area contributed by atoms with E-state index in [9.17, 15) is 17.6 Å². The summed E-state index contributed by atoms with van der Waals surface area (Å²) in [6, 6.07) is 9.63. The molecule has 0 aliphatic heterocycles. The number of hydrogen-bond acceptors (Lipinski definition) is 5. The van der Waals surface area contributed by atoms with E-state index in [0.29, 0.717) is 10.8 Å². The summed E-state index contributed by atoms with van der Waals surface area (Å²) in [6.07, 6.45) is 0. The Bertz CT molecular complexity index is 873. The quantitative estimate of drug-likeness (QED) is 0.583. The first-order chi connectivity index (χ1) is 11.8. The van der Waals surface area contributed by atoms with Crippen molar-refractivity contribution < 1.29 is 27.1 Å². The van der Waals surface area contributed by atoms with Gasteiger partial charge in [0.15, 0.2) is 0 Å². The molecule has 0 spiro atoms. The van der Waals surface area contributed by atoms with Crippen molar-refractivity contribution in [3.63, 3.8) is 0 Å². The fraction of sp³-hybridized carbons (Fsp3) is 0.188. The number of hydrogen-bond donors (Lipinski definition) is 1. The summed E-state index contributed by atoms with van der Waals surface area (Å²) in [5.41, 5.74) is -0.478. The van der Waals surface area contributed by atoms with E-state index >= 15 is 0 Å². The number of para-hydroxylation sites is 1. The van der Waals surface area contributed by atoms with Gasteiger partial charge in [0.05, 0.1) is 15.5 Å². The number of benzene rings is 2. The van der Waals surface area contributed by atoms with Crippen LogP contribution in [0.4, 0.5) is 4.39 Å². The van der Waals surface area contributed by atoms with E-state index in [-0.39, 0.29) is 18.1 Å². The zero-order valence-corrected chi connectivity index (χ0v) is 14.7. The SMILES string of the molecule is CNS(=O)(=O)c1ccc(F)c(C(=O)OCCOc2ccccc2Cl)c1. The highest BCUT2D eigenvalue weighted by Gasteiger charge is 2.19. The molecule has 0 atom stereocenters. The van der Waals surface area contributed by atoms with Crippen molar-refractivity contribution in [2.24, 2.45) is 0 Å². The van der Waals surface area contributed by atoms with Crippen LogP contribution in [0.2, 0.25) is 5.02 Å². The van der Waals surface area contributed by atoms with Crippen LogP contribution in [0.15, 0.2) is 47.4 Å². The largest absolute Gasteiger partial charge is 0.488 e. The summed E-state index contributed by atoms with van der Waals surface area (Å²) in [4.78, 5) is 11.7. The van der Waals surface area contributed by atoms with Gasteiger partial charge in [0.1, 0.15) is 24.8 Å². The Balaban J connectivity index is 1.99. The molecule has 2 aromatic carbocycles. The Kier molecular flexibility index (Phi) is 6.35. The van der Waals surface area contributed by atoms with Crippen molar-refractivity contribution in [2.75, 3.05) is 20.3 Å². The highest BCUT2D eigenvalue weighted by molar-refractivity contribution is 7.89. The second-order valence-electron chi connectivity index (χ2n) is 4.76. The van der Waals surface area contributed by atoms with Crippen LogP contribution >= 0.6 is 11.6 Å². The molecule has 25 heavy (non-hydrogen) atoms. The molecule has 0 radical (unpaired) electrons. The molecule has 0 saturated heterocycles.